The summed E-state index contributed by atoms with van der Waals surface area (Å²) in [6.45, 7) is 5.31. The number of carbonyl (C=O) groups excluding carboxylic acids is 2. The van der Waals surface area contributed by atoms with E-state index in [1.54, 1.807) is 44.2 Å². The third-order valence-electron chi connectivity index (χ3n) is 9.57. The fourth-order valence-corrected chi connectivity index (χ4v) is 6.30. The van der Waals surface area contributed by atoms with Gasteiger partial charge in [-0.05, 0) is 139 Å². The summed E-state index contributed by atoms with van der Waals surface area (Å²) in [4.78, 5) is 24.9. The van der Waals surface area contributed by atoms with E-state index in [0.717, 1.165) is 11.1 Å². The molecule has 0 aliphatic carbocycles. The van der Waals surface area contributed by atoms with Crippen LogP contribution in [0, 0.1) is 20.8 Å². The SMILES string of the molecule is Cc1c(Cl)cccc1C(=O)Nc1ccc(-c2cc(C(F)(F)F)ccc2C(F)(F)F)cc1.Cc1cccc(C(=O)Nc2ccc(-c3cc(C(F)(F)F)ccc3C(F)(F)F)cc2)c1C. The summed E-state index contributed by atoms with van der Waals surface area (Å²) in [5.74, 6) is -0.883. The summed E-state index contributed by atoms with van der Waals surface area (Å²) in [6, 6.07) is 22.8. The van der Waals surface area contributed by atoms with Gasteiger partial charge in [0.15, 0.2) is 0 Å². The zero-order valence-electron chi connectivity index (χ0n) is 32.3. The largest absolute Gasteiger partial charge is 0.417 e. The molecule has 6 aromatic rings. The number of hydrogen-bond donors (Lipinski definition) is 2. The van der Waals surface area contributed by atoms with Crippen molar-refractivity contribution in [1.29, 1.82) is 0 Å². The first kappa shape index (κ1) is 46.8. The Labute approximate surface area is 351 Å². The van der Waals surface area contributed by atoms with E-state index in [1.807, 2.05) is 13.0 Å². The van der Waals surface area contributed by atoms with E-state index in [4.69, 9.17) is 11.6 Å². The van der Waals surface area contributed by atoms with Crippen molar-refractivity contribution in [2.24, 2.45) is 0 Å². The lowest BCUT2D eigenvalue weighted by atomic mass is 9.96. The van der Waals surface area contributed by atoms with E-state index in [1.165, 1.54) is 48.5 Å². The van der Waals surface area contributed by atoms with Crippen LogP contribution in [0.4, 0.5) is 64.1 Å². The molecule has 17 heteroatoms. The molecule has 0 saturated heterocycles. The maximum atomic E-state index is 13.3. The molecule has 6 rings (SSSR count). The minimum Gasteiger partial charge on any atom is -0.322 e. The van der Waals surface area contributed by atoms with Gasteiger partial charge in [0, 0.05) is 27.5 Å². The lowest BCUT2D eigenvalue weighted by molar-refractivity contribution is -0.141. The summed E-state index contributed by atoms with van der Waals surface area (Å²) >= 11 is 5.99. The van der Waals surface area contributed by atoms with Crippen LogP contribution in [0.2, 0.25) is 5.02 Å². The fourth-order valence-electron chi connectivity index (χ4n) is 6.13. The number of halogens is 13. The van der Waals surface area contributed by atoms with Gasteiger partial charge in [-0.1, -0.05) is 54.1 Å². The number of anilines is 2. The lowest BCUT2D eigenvalue weighted by Gasteiger charge is -2.16. The number of hydrogen-bond acceptors (Lipinski definition) is 2. The first-order valence-corrected chi connectivity index (χ1v) is 18.3. The molecule has 62 heavy (non-hydrogen) atoms. The van der Waals surface area contributed by atoms with E-state index >= 15 is 0 Å². The van der Waals surface area contributed by atoms with Crippen molar-refractivity contribution in [3.63, 3.8) is 0 Å². The van der Waals surface area contributed by atoms with E-state index in [0.29, 0.717) is 63.8 Å². The Bertz CT molecular complexity index is 2420. The van der Waals surface area contributed by atoms with Gasteiger partial charge in [0.2, 0.25) is 0 Å². The van der Waals surface area contributed by atoms with Crippen molar-refractivity contribution in [3.05, 3.63) is 176 Å². The van der Waals surface area contributed by atoms with Crippen LogP contribution in [0.25, 0.3) is 22.3 Å². The highest BCUT2D eigenvalue weighted by Gasteiger charge is 2.38. The van der Waals surface area contributed by atoms with Gasteiger partial charge in [-0.2, -0.15) is 52.7 Å². The van der Waals surface area contributed by atoms with Crippen molar-refractivity contribution >= 4 is 34.8 Å². The summed E-state index contributed by atoms with van der Waals surface area (Å²) < 4.78 is 158. The Hall–Kier alpha value is -6.29. The molecular formula is C45H31ClF12N2O2. The molecule has 4 nitrogen and oxygen atoms in total. The molecular weight excluding hydrogens is 864 g/mol. The first-order valence-electron chi connectivity index (χ1n) is 18.0. The maximum Gasteiger partial charge on any atom is 0.417 e. The molecule has 2 N–H and O–H groups in total. The molecule has 0 heterocycles. The number of benzene rings is 6. The van der Waals surface area contributed by atoms with Crippen molar-refractivity contribution in [2.45, 2.75) is 45.5 Å². The molecule has 6 aromatic carbocycles. The standard InChI is InChI=1S/C23H17F6NO.C22H14ClF6NO/c1-13-4-3-5-18(14(13)2)21(31)30-17-9-6-15(7-10-17)19-12-16(22(24,25)26)8-11-20(19)23(27,28)29;1-12-16(3-2-4-19(12)23)20(31)30-15-8-5-13(6-9-15)17-11-14(21(24,25)26)7-10-18(17)22(27,28)29/h3-12H,1-2H3,(H,30,31);2-11H,1H3,(H,30,31). The van der Waals surface area contributed by atoms with E-state index in [-0.39, 0.29) is 16.8 Å². The molecule has 0 saturated carbocycles. The minimum absolute atomic E-state index is 0.0526. The average Bonchev–Trinajstić information content (AvgIpc) is 3.19. The normalized spacial score (nSPS) is 12.0. The molecule has 0 aromatic heterocycles. The molecule has 2 amide bonds. The van der Waals surface area contributed by atoms with Gasteiger partial charge in [0.25, 0.3) is 11.8 Å². The van der Waals surface area contributed by atoms with E-state index in [2.05, 4.69) is 10.6 Å². The third kappa shape index (κ3) is 11.1. The van der Waals surface area contributed by atoms with Gasteiger partial charge in [-0.25, -0.2) is 0 Å². The Balaban J connectivity index is 0.000000234. The average molecular weight is 895 g/mol. The molecule has 0 aliphatic rings. The quantitative estimate of drug-likeness (QED) is 0.164. The third-order valence-corrected chi connectivity index (χ3v) is 9.98. The number of carbonyl (C=O) groups is 2. The second-order valence-electron chi connectivity index (χ2n) is 13.7. The predicted octanol–water partition coefficient (Wildman–Crippen LogP) is 14.9. The van der Waals surface area contributed by atoms with Crippen molar-refractivity contribution in [2.75, 3.05) is 10.6 Å². The van der Waals surface area contributed by atoms with Crippen LogP contribution >= 0.6 is 11.6 Å². The van der Waals surface area contributed by atoms with Gasteiger partial charge in [-0.15, -0.1) is 0 Å². The number of amides is 2. The number of alkyl halides is 12. The Morgan fingerprint density at radius 2 is 0.823 bits per heavy atom. The molecule has 0 radical (unpaired) electrons. The van der Waals surface area contributed by atoms with Crippen LogP contribution in [0.15, 0.2) is 121 Å². The van der Waals surface area contributed by atoms with Gasteiger partial charge in [0.1, 0.15) is 0 Å². The lowest BCUT2D eigenvalue weighted by Crippen LogP contribution is -2.14. The number of nitrogens with one attached hydrogen (secondary N) is 2. The molecule has 324 valence electrons. The highest BCUT2D eigenvalue weighted by atomic mass is 35.5. The molecule has 0 spiro atoms. The van der Waals surface area contributed by atoms with Gasteiger partial charge in [-0.3, -0.25) is 9.59 Å². The van der Waals surface area contributed by atoms with Gasteiger partial charge in [0.05, 0.1) is 22.3 Å². The van der Waals surface area contributed by atoms with Crippen LogP contribution in [-0.4, -0.2) is 11.8 Å². The zero-order chi connectivity index (χ0) is 45.9. The minimum atomic E-state index is -4.84. The zero-order valence-corrected chi connectivity index (χ0v) is 33.0. The van der Waals surface area contributed by atoms with E-state index < -0.39 is 69.9 Å². The van der Waals surface area contributed by atoms with Crippen molar-refractivity contribution in [3.8, 4) is 22.3 Å². The monoisotopic (exact) mass is 894 g/mol. The number of rotatable bonds is 6. The molecule has 0 fully saturated rings. The van der Waals surface area contributed by atoms with Crippen LogP contribution in [0.3, 0.4) is 0 Å². The van der Waals surface area contributed by atoms with Crippen molar-refractivity contribution in [1.82, 2.24) is 0 Å². The Kier molecular flexibility index (Phi) is 13.6. The second-order valence-corrected chi connectivity index (χ2v) is 14.1. The highest BCUT2D eigenvalue weighted by molar-refractivity contribution is 6.32. The molecule has 0 unspecified atom stereocenters. The smallest absolute Gasteiger partial charge is 0.322 e. The summed E-state index contributed by atoms with van der Waals surface area (Å²) in [7, 11) is 0. The van der Waals surface area contributed by atoms with Crippen LogP contribution in [0.5, 0.6) is 0 Å². The summed E-state index contributed by atoms with van der Waals surface area (Å²) in [6.07, 6.45) is -19.2. The van der Waals surface area contributed by atoms with Gasteiger partial charge < -0.3 is 10.6 Å². The van der Waals surface area contributed by atoms with Crippen LogP contribution in [0.1, 0.15) is 59.7 Å². The first-order chi connectivity index (χ1) is 28.8. The van der Waals surface area contributed by atoms with Crippen LogP contribution < -0.4 is 10.6 Å². The molecule has 0 atom stereocenters. The fraction of sp³-hybridized carbons (Fsp3) is 0.156. The maximum absolute atomic E-state index is 13.3. The topological polar surface area (TPSA) is 58.2 Å². The molecule has 0 bridgehead atoms. The summed E-state index contributed by atoms with van der Waals surface area (Å²) in [5, 5.41) is 5.63. The predicted molar refractivity (Wildman–Crippen MR) is 212 cm³/mol. The Morgan fingerprint density at radius 1 is 0.452 bits per heavy atom. The van der Waals surface area contributed by atoms with E-state index in [9.17, 15) is 62.3 Å². The van der Waals surface area contributed by atoms with Gasteiger partial charge >= 0.3 is 24.7 Å². The Morgan fingerprint density at radius 3 is 1.19 bits per heavy atom. The summed E-state index contributed by atoms with van der Waals surface area (Å²) in [5.41, 5.74) is -2.47. The highest BCUT2D eigenvalue weighted by Crippen LogP contribution is 2.42. The van der Waals surface area contributed by atoms with Crippen molar-refractivity contribution < 1.29 is 62.3 Å². The second kappa shape index (κ2) is 18.0. The van der Waals surface area contributed by atoms with Crippen LogP contribution in [-0.2, 0) is 24.7 Å². The molecule has 0 aliphatic heterocycles. The number of aryl methyl sites for hydroxylation is 1.